The van der Waals surface area contributed by atoms with Gasteiger partial charge in [-0.1, -0.05) is 23.7 Å². The smallest absolute Gasteiger partial charge is 0.265 e. The second-order valence-corrected chi connectivity index (χ2v) is 7.46. The van der Waals surface area contributed by atoms with Gasteiger partial charge in [-0.15, -0.1) is 0 Å². The minimum Gasteiger partial charge on any atom is -0.368 e. The number of amides is 2. The number of hydrogen-bond acceptors (Lipinski definition) is 4. The van der Waals surface area contributed by atoms with Crippen LogP contribution in [0.5, 0.6) is 0 Å². The molecule has 0 unspecified atom stereocenters. The summed E-state index contributed by atoms with van der Waals surface area (Å²) in [6.07, 6.45) is 0. The molecule has 2 amide bonds. The SMILES string of the molecule is O=C1c2cccc3c(N4CCNCC4)ccc(c23)C(=O)N1c1ccc(Cl)cc1. The van der Waals surface area contributed by atoms with E-state index in [1.807, 2.05) is 24.3 Å². The number of anilines is 2. The van der Waals surface area contributed by atoms with E-state index in [9.17, 15) is 9.59 Å². The number of rotatable bonds is 2. The molecular formula is C22H18ClN3O2. The Balaban J connectivity index is 1.68. The average molecular weight is 392 g/mol. The molecule has 140 valence electrons. The normalized spacial score (nSPS) is 16.8. The Morgan fingerprint density at radius 2 is 1.50 bits per heavy atom. The van der Waals surface area contributed by atoms with Crippen LogP contribution in [0.4, 0.5) is 11.4 Å². The second-order valence-electron chi connectivity index (χ2n) is 7.02. The predicted molar refractivity (Wildman–Crippen MR) is 112 cm³/mol. The molecule has 28 heavy (non-hydrogen) atoms. The van der Waals surface area contributed by atoms with Crippen LogP contribution in [0.3, 0.4) is 0 Å². The van der Waals surface area contributed by atoms with Crippen molar-refractivity contribution in [1.29, 1.82) is 0 Å². The number of hydrogen-bond donors (Lipinski definition) is 1. The Hall–Kier alpha value is -2.89. The van der Waals surface area contributed by atoms with Gasteiger partial charge in [-0.3, -0.25) is 9.59 Å². The van der Waals surface area contributed by atoms with Crippen LogP contribution < -0.4 is 15.1 Å². The minimum atomic E-state index is -0.303. The van der Waals surface area contributed by atoms with Crippen LogP contribution in [0.1, 0.15) is 20.7 Å². The zero-order valence-corrected chi connectivity index (χ0v) is 15.9. The summed E-state index contributed by atoms with van der Waals surface area (Å²) in [5, 5.41) is 5.61. The van der Waals surface area contributed by atoms with E-state index in [4.69, 9.17) is 11.6 Å². The van der Waals surface area contributed by atoms with Crippen molar-refractivity contribution in [3.8, 4) is 0 Å². The van der Waals surface area contributed by atoms with Crippen LogP contribution in [0.15, 0.2) is 54.6 Å². The van der Waals surface area contributed by atoms with E-state index in [2.05, 4.69) is 10.2 Å². The maximum absolute atomic E-state index is 13.2. The zero-order chi connectivity index (χ0) is 19.3. The summed E-state index contributed by atoms with van der Waals surface area (Å²) in [6.45, 7) is 3.64. The third-order valence-electron chi connectivity index (χ3n) is 5.43. The fraction of sp³-hybridized carbons (Fsp3) is 0.182. The van der Waals surface area contributed by atoms with E-state index in [-0.39, 0.29) is 11.8 Å². The number of nitrogens with one attached hydrogen (secondary N) is 1. The highest BCUT2D eigenvalue weighted by Gasteiger charge is 2.34. The van der Waals surface area contributed by atoms with Gasteiger partial charge >= 0.3 is 0 Å². The van der Waals surface area contributed by atoms with Gasteiger partial charge in [0.15, 0.2) is 0 Å². The third-order valence-corrected chi connectivity index (χ3v) is 5.68. The number of carbonyl (C=O) groups excluding carboxylic acids is 2. The van der Waals surface area contributed by atoms with E-state index in [0.717, 1.165) is 42.6 Å². The average Bonchev–Trinajstić information content (AvgIpc) is 2.73. The molecule has 0 saturated carbocycles. The molecule has 0 aliphatic carbocycles. The van der Waals surface area contributed by atoms with Gasteiger partial charge in [-0.2, -0.15) is 0 Å². The Morgan fingerprint density at radius 3 is 2.21 bits per heavy atom. The second kappa shape index (κ2) is 6.62. The first-order valence-corrected chi connectivity index (χ1v) is 9.69. The van der Waals surface area contributed by atoms with Crippen LogP contribution in [0.25, 0.3) is 10.8 Å². The summed E-state index contributed by atoms with van der Waals surface area (Å²) < 4.78 is 0. The number of imide groups is 1. The van der Waals surface area contributed by atoms with E-state index in [1.165, 1.54) is 4.90 Å². The van der Waals surface area contributed by atoms with Crippen molar-refractivity contribution < 1.29 is 9.59 Å². The molecule has 1 saturated heterocycles. The monoisotopic (exact) mass is 391 g/mol. The maximum Gasteiger partial charge on any atom is 0.265 e. The molecule has 6 heteroatoms. The molecule has 5 nitrogen and oxygen atoms in total. The fourth-order valence-electron chi connectivity index (χ4n) is 4.09. The van der Waals surface area contributed by atoms with Crippen LogP contribution in [-0.4, -0.2) is 38.0 Å². The fourth-order valence-corrected chi connectivity index (χ4v) is 4.21. The molecule has 0 bridgehead atoms. The molecule has 2 aliphatic heterocycles. The van der Waals surface area contributed by atoms with Crippen molar-refractivity contribution in [1.82, 2.24) is 5.32 Å². The first-order chi connectivity index (χ1) is 13.6. The van der Waals surface area contributed by atoms with E-state index in [1.54, 1.807) is 30.3 Å². The Labute approximate surface area is 167 Å². The van der Waals surface area contributed by atoms with Gasteiger partial charge in [0.25, 0.3) is 11.8 Å². The van der Waals surface area contributed by atoms with Crippen molar-refractivity contribution in [2.75, 3.05) is 36.0 Å². The van der Waals surface area contributed by atoms with E-state index < -0.39 is 0 Å². The molecule has 0 spiro atoms. The molecule has 0 radical (unpaired) electrons. The van der Waals surface area contributed by atoms with Crippen LogP contribution in [0.2, 0.25) is 5.02 Å². The Morgan fingerprint density at radius 1 is 0.821 bits per heavy atom. The van der Waals surface area contributed by atoms with Crippen molar-refractivity contribution in [3.63, 3.8) is 0 Å². The highest BCUT2D eigenvalue weighted by atomic mass is 35.5. The quantitative estimate of drug-likeness (QED) is 0.677. The van der Waals surface area contributed by atoms with Gasteiger partial charge in [0.1, 0.15) is 0 Å². The lowest BCUT2D eigenvalue weighted by atomic mass is 9.92. The molecular weight excluding hydrogens is 374 g/mol. The van der Waals surface area contributed by atoms with E-state index >= 15 is 0 Å². The lowest BCUT2D eigenvalue weighted by Gasteiger charge is -2.32. The maximum atomic E-state index is 13.2. The molecule has 0 aromatic heterocycles. The van der Waals surface area contributed by atoms with Gasteiger partial charge in [-0.25, -0.2) is 4.90 Å². The molecule has 2 aliphatic rings. The number of halogens is 1. The Bertz CT molecular complexity index is 1080. The summed E-state index contributed by atoms with van der Waals surface area (Å²) in [4.78, 5) is 30.0. The van der Waals surface area contributed by atoms with Gasteiger partial charge in [0.05, 0.1) is 5.69 Å². The molecule has 2 heterocycles. The molecule has 3 aromatic carbocycles. The summed E-state index contributed by atoms with van der Waals surface area (Å²) in [5.41, 5.74) is 2.70. The first kappa shape index (κ1) is 17.2. The number of carbonyl (C=O) groups is 2. The summed E-state index contributed by atoms with van der Waals surface area (Å²) >= 11 is 5.96. The van der Waals surface area contributed by atoms with Crippen LogP contribution in [0, 0.1) is 0 Å². The minimum absolute atomic E-state index is 0.303. The topological polar surface area (TPSA) is 52.7 Å². The largest absolute Gasteiger partial charge is 0.368 e. The van der Waals surface area contributed by atoms with Crippen molar-refractivity contribution in [2.45, 2.75) is 0 Å². The van der Waals surface area contributed by atoms with Crippen LogP contribution >= 0.6 is 11.6 Å². The van der Waals surface area contributed by atoms with Crippen LogP contribution in [-0.2, 0) is 0 Å². The van der Waals surface area contributed by atoms with Crippen molar-refractivity contribution in [3.05, 3.63) is 70.7 Å². The molecule has 5 rings (SSSR count). The van der Waals surface area contributed by atoms with Gasteiger partial charge < -0.3 is 10.2 Å². The summed E-state index contributed by atoms with van der Waals surface area (Å²) in [6, 6.07) is 16.3. The molecule has 1 fully saturated rings. The first-order valence-electron chi connectivity index (χ1n) is 9.31. The molecule has 3 aromatic rings. The standard InChI is InChI=1S/C22H18ClN3O2/c23-14-4-6-15(7-5-14)26-21(27)17-3-1-2-16-19(25-12-10-24-11-13-25)9-8-18(20(16)17)22(26)28/h1-9,24H,10-13H2. The van der Waals surface area contributed by atoms with Gasteiger partial charge in [-0.05, 0) is 42.5 Å². The lowest BCUT2D eigenvalue weighted by molar-refractivity contribution is 0.0893. The number of benzene rings is 3. The zero-order valence-electron chi connectivity index (χ0n) is 15.1. The molecule has 0 atom stereocenters. The predicted octanol–water partition coefficient (Wildman–Crippen LogP) is 3.70. The number of nitrogens with zero attached hydrogens (tertiary/aromatic N) is 2. The molecule has 1 N–H and O–H groups in total. The lowest BCUT2D eigenvalue weighted by Crippen LogP contribution is -2.44. The third kappa shape index (κ3) is 2.58. The van der Waals surface area contributed by atoms with Gasteiger partial charge in [0.2, 0.25) is 0 Å². The van der Waals surface area contributed by atoms with Crippen molar-refractivity contribution >= 4 is 45.6 Å². The highest BCUT2D eigenvalue weighted by Crippen LogP contribution is 2.37. The Kier molecular flexibility index (Phi) is 4.07. The summed E-state index contributed by atoms with van der Waals surface area (Å²) in [5.74, 6) is -0.606. The summed E-state index contributed by atoms with van der Waals surface area (Å²) in [7, 11) is 0. The van der Waals surface area contributed by atoms with E-state index in [0.29, 0.717) is 21.8 Å². The van der Waals surface area contributed by atoms with Crippen molar-refractivity contribution in [2.24, 2.45) is 0 Å². The van der Waals surface area contributed by atoms with Gasteiger partial charge in [0, 0.05) is 58.8 Å². The highest BCUT2D eigenvalue weighted by molar-refractivity contribution is 6.36. The number of piperazine rings is 1.